The average Bonchev–Trinajstić information content (AvgIpc) is 1.85. The molecule has 62 valence electrons. The van der Waals surface area contributed by atoms with Gasteiger partial charge in [0.25, 0.3) is 0 Å². The fourth-order valence-electron chi connectivity index (χ4n) is 0.343. The van der Waals surface area contributed by atoms with Crippen molar-refractivity contribution in [2.24, 2.45) is 0 Å². The lowest BCUT2D eigenvalue weighted by Crippen LogP contribution is -2.14. The van der Waals surface area contributed by atoms with E-state index in [1.165, 1.54) is 6.92 Å². The second-order valence-corrected chi connectivity index (χ2v) is 5.29. The fourth-order valence-corrected chi connectivity index (χ4v) is 2.22. The first-order valence-corrected chi connectivity index (χ1v) is 5.85. The van der Waals surface area contributed by atoms with Gasteiger partial charge in [-0.25, -0.2) is 12.6 Å². The molecule has 0 aromatic carbocycles. The molecule has 0 aromatic rings. The molecule has 0 saturated heterocycles. The van der Waals surface area contributed by atoms with Gasteiger partial charge in [0.05, 0.1) is 11.5 Å². The first-order valence-electron chi connectivity index (χ1n) is 2.76. The van der Waals surface area contributed by atoms with Crippen molar-refractivity contribution in [2.45, 2.75) is 6.92 Å². The van der Waals surface area contributed by atoms with Gasteiger partial charge in [0.15, 0.2) is 20.9 Å². The zero-order valence-electron chi connectivity index (χ0n) is 5.61. The normalized spacial score (nSPS) is 15.0. The summed E-state index contributed by atoms with van der Waals surface area (Å²) in [4.78, 5) is 0. The molecule has 10 heavy (non-hydrogen) atoms. The molecule has 0 rings (SSSR count). The Morgan fingerprint density at radius 3 is 2.30 bits per heavy atom. The summed E-state index contributed by atoms with van der Waals surface area (Å²) in [6.07, 6.45) is 0. The predicted octanol–water partition coefficient (Wildman–Crippen LogP) is -0.357. The van der Waals surface area contributed by atoms with E-state index in [4.69, 9.17) is 4.55 Å². The molecular weight excluding hydrogens is 176 g/mol. The van der Waals surface area contributed by atoms with E-state index in [0.717, 1.165) is 0 Å². The zero-order valence-corrected chi connectivity index (χ0v) is 7.24. The van der Waals surface area contributed by atoms with Gasteiger partial charge in [-0.05, 0) is 0 Å². The minimum atomic E-state index is -3.07. The molecule has 0 aromatic heterocycles. The van der Waals surface area contributed by atoms with Gasteiger partial charge < -0.3 is 4.55 Å². The van der Waals surface area contributed by atoms with Crippen LogP contribution in [-0.2, 0) is 20.9 Å². The molecule has 0 saturated carbocycles. The molecule has 1 atom stereocenters. The lowest BCUT2D eigenvalue weighted by molar-refractivity contribution is 0.563. The zero-order chi connectivity index (χ0) is 8.20. The molecule has 1 unspecified atom stereocenters. The highest BCUT2D eigenvalue weighted by atomic mass is 32.2. The van der Waals surface area contributed by atoms with Crippen LogP contribution in [0.15, 0.2) is 0 Å². The quantitative estimate of drug-likeness (QED) is 0.609. The van der Waals surface area contributed by atoms with E-state index < -0.39 is 20.9 Å². The van der Waals surface area contributed by atoms with E-state index in [2.05, 4.69) is 0 Å². The topological polar surface area (TPSA) is 71.4 Å². The average molecular weight is 186 g/mol. The van der Waals surface area contributed by atoms with E-state index in [-0.39, 0.29) is 17.3 Å². The van der Waals surface area contributed by atoms with Crippen molar-refractivity contribution < 1.29 is 17.2 Å². The molecule has 1 N–H and O–H groups in total. The second-order valence-electron chi connectivity index (χ2n) is 1.76. The van der Waals surface area contributed by atoms with Crippen LogP contribution in [-0.4, -0.2) is 34.4 Å². The van der Waals surface area contributed by atoms with Crippen LogP contribution in [0.25, 0.3) is 0 Å². The van der Waals surface area contributed by atoms with Crippen molar-refractivity contribution in [1.82, 2.24) is 0 Å². The van der Waals surface area contributed by atoms with Crippen molar-refractivity contribution in [1.29, 1.82) is 0 Å². The van der Waals surface area contributed by atoms with Crippen LogP contribution in [0.4, 0.5) is 0 Å². The summed E-state index contributed by atoms with van der Waals surface area (Å²) in [5.41, 5.74) is 0. The highest BCUT2D eigenvalue weighted by molar-refractivity contribution is 7.92. The predicted molar refractivity (Wildman–Crippen MR) is 40.0 cm³/mol. The molecule has 0 aliphatic carbocycles. The number of rotatable bonds is 4. The molecule has 0 spiro atoms. The summed E-state index contributed by atoms with van der Waals surface area (Å²) in [5.74, 6) is -0.354. The Morgan fingerprint density at radius 2 is 2.00 bits per heavy atom. The van der Waals surface area contributed by atoms with Gasteiger partial charge in [0, 0.05) is 5.75 Å². The van der Waals surface area contributed by atoms with Gasteiger partial charge in [0.1, 0.15) is 0 Å². The Hall–Kier alpha value is 0.0600. The molecule has 0 fully saturated rings. The summed E-state index contributed by atoms with van der Waals surface area (Å²) in [7, 11) is -3.07. The number of hydrogen-bond acceptors (Lipinski definition) is 3. The van der Waals surface area contributed by atoms with E-state index in [9.17, 15) is 12.6 Å². The smallest absolute Gasteiger partial charge is 0.153 e. The Kier molecular flexibility index (Phi) is 4.07. The van der Waals surface area contributed by atoms with Crippen molar-refractivity contribution in [3.05, 3.63) is 0 Å². The Labute approximate surface area is 62.8 Å². The molecule has 0 amide bonds. The molecular formula is C4H10O4S2. The Balaban J connectivity index is 3.81. The summed E-state index contributed by atoms with van der Waals surface area (Å²) < 4.78 is 39.5. The van der Waals surface area contributed by atoms with Crippen LogP contribution in [0, 0.1) is 0 Å². The van der Waals surface area contributed by atoms with Gasteiger partial charge in [0.2, 0.25) is 0 Å². The lowest BCUT2D eigenvalue weighted by atomic mass is 10.9. The van der Waals surface area contributed by atoms with Crippen molar-refractivity contribution in [3.63, 3.8) is 0 Å². The standard InChI is InChI=1S/C4H10O4S2/c1-2-10(7,8)4-3-9(5)6/h2-4H2,1H3,(H,5,6). The van der Waals surface area contributed by atoms with Crippen molar-refractivity contribution >= 4 is 20.9 Å². The molecule has 6 heteroatoms. The van der Waals surface area contributed by atoms with Crippen LogP contribution >= 0.6 is 0 Å². The van der Waals surface area contributed by atoms with Gasteiger partial charge >= 0.3 is 0 Å². The number of sulfone groups is 1. The summed E-state index contributed by atoms with van der Waals surface area (Å²) in [5, 5.41) is 0. The second kappa shape index (κ2) is 4.05. The minimum absolute atomic E-state index is 0.0319. The molecule has 0 bridgehead atoms. The van der Waals surface area contributed by atoms with E-state index in [0.29, 0.717) is 0 Å². The molecule has 0 aliphatic rings. The van der Waals surface area contributed by atoms with Crippen LogP contribution in [0.5, 0.6) is 0 Å². The third-order valence-corrected chi connectivity index (χ3v) is 3.53. The number of hydrogen-bond donors (Lipinski definition) is 1. The van der Waals surface area contributed by atoms with Gasteiger partial charge in [-0.3, -0.25) is 0 Å². The SMILES string of the molecule is CCS(=O)(=O)CCS(=O)O. The van der Waals surface area contributed by atoms with Crippen molar-refractivity contribution in [3.8, 4) is 0 Å². The first-order chi connectivity index (χ1) is 4.48. The summed E-state index contributed by atoms with van der Waals surface area (Å²) in [6, 6.07) is 0. The highest BCUT2D eigenvalue weighted by Gasteiger charge is 2.07. The van der Waals surface area contributed by atoms with E-state index in [1.807, 2.05) is 0 Å². The van der Waals surface area contributed by atoms with Gasteiger partial charge in [-0.1, -0.05) is 6.92 Å². The van der Waals surface area contributed by atoms with Crippen LogP contribution < -0.4 is 0 Å². The van der Waals surface area contributed by atoms with E-state index in [1.54, 1.807) is 0 Å². The first kappa shape index (κ1) is 10.1. The molecule has 4 nitrogen and oxygen atoms in total. The van der Waals surface area contributed by atoms with Crippen LogP contribution in [0.2, 0.25) is 0 Å². The molecule has 0 aliphatic heterocycles. The van der Waals surface area contributed by atoms with Crippen molar-refractivity contribution in [2.75, 3.05) is 17.3 Å². The summed E-state index contributed by atoms with van der Waals surface area (Å²) >= 11 is -1.99. The third kappa shape index (κ3) is 4.89. The highest BCUT2D eigenvalue weighted by Crippen LogP contribution is 1.89. The van der Waals surface area contributed by atoms with Gasteiger partial charge in [-0.15, -0.1) is 0 Å². The Morgan fingerprint density at radius 1 is 1.50 bits per heavy atom. The molecule has 0 heterocycles. The largest absolute Gasteiger partial charge is 0.306 e. The molecule has 0 radical (unpaired) electrons. The van der Waals surface area contributed by atoms with E-state index >= 15 is 0 Å². The minimum Gasteiger partial charge on any atom is -0.306 e. The maximum Gasteiger partial charge on any atom is 0.153 e. The fraction of sp³-hybridized carbons (Fsp3) is 1.00. The Bertz CT molecular complexity index is 205. The van der Waals surface area contributed by atoms with Crippen LogP contribution in [0.1, 0.15) is 6.92 Å². The summed E-state index contributed by atoms with van der Waals surface area (Å²) in [6.45, 7) is 1.51. The maximum atomic E-state index is 10.7. The van der Waals surface area contributed by atoms with Gasteiger partial charge in [-0.2, -0.15) is 0 Å². The van der Waals surface area contributed by atoms with Crippen LogP contribution in [0.3, 0.4) is 0 Å². The lowest BCUT2D eigenvalue weighted by Gasteiger charge is -1.95. The monoisotopic (exact) mass is 186 g/mol. The maximum absolute atomic E-state index is 10.7. The third-order valence-electron chi connectivity index (χ3n) is 1.01.